The van der Waals surface area contributed by atoms with Crippen molar-refractivity contribution in [1.29, 1.82) is 0 Å². The first kappa shape index (κ1) is 12.5. The zero-order valence-electron chi connectivity index (χ0n) is 10.2. The van der Waals surface area contributed by atoms with Gasteiger partial charge in [-0.1, -0.05) is 12.5 Å². The van der Waals surface area contributed by atoms with Gasteiger partial charge in [0.1, 0.15) is 0 Å². The number of nitrogens with one attached hydrogen (secondary N) is 1. The Morgan fingerprint density at radius 1 is 1.18 bits per heavy atom. The first-order valence-electron chi connectivity index (χ1n) is 6.29. The Balaban J connectivity index is 2.02. The largest absolute Gasteiger partial charge is 0.319 e. The van der Waals surface area contributed by atoms with Crippen LogP contribution < -0.4 is 5.32 Å². The normalized spacial score (nSPS) is 24.2. The first-order valence-corrected chi connectivity index (χ1v) is 6.29. The number of hydrogen-bond acceptors (Lipinski definition) is 1. The van der Waals surface area contributed by atoms with E-state index in [9.17, 15) is 8.78 Å². The van der Waals surface area contributed by atoms with Gasteiger partial charge >= 0.3 is 0 Å². The van der Waals surface area contributed by atoms with Crippen LogP contribution in [0, 0.1) is 23.5 Å². The van der Waals surface area contributed by atoms with Gasteiger partial charge < -0.3 is 5.32 Å². The highest BCUT2D eigenvalue weighted by atomic mass is 19.2. The fourth-order valence-electron chi connectivity index (χ4n) is 2.88. The molecule has 0 saturated heterocycles. The Bertz CT molecular complexity index is 378. The van der Waals surface area contributed by atoms with E-state index < -0.39 is 11.6 Å². The summed E-state index contributed by atoms with van der Waals surface area (Å²) in [6, 6.07) is 4.27. The molecule has 2 atom stereocenters. The van der Waals surface area contributed by atoms with Crippen molar-refractivity contribution in [1.82, 2.24) is 5.32 Å². The molecule has 1 nitrogen and oxygen atoms in total. The summed E-state index contributed by atoms with van der Waals surface area (Å²) in [6.45, 7) is 1.02. The number of rotatable bonds is 4. The molecule has 0 amide bonds. The fraction of sp³-hybridized carbons (Fsp3) is 0.571. The predicted octanol–water partition coefficient (Wildman–Crippen LogP) is 3.14. The molecule has 0 bridgehead atoms. The van der Waals surface area contributed by atoms with Crippen molar-refractivity contribution in [2.24, 2.45) is 11.8 Å². The molecule has 1 aliphatic rings. The molecular formula is C14H19F2N. The molecule has 1 aromatic carbocycles. The summed E-state index contributed by atoms with van der Waals surface area (Å²) >= 11 is 0. The highest BCUT2D eigenvalue weighted by Gasteiger charge is 2.26. The summed E-state index contributed by atoms with van der Waals surface area (Å²) in [7, 11) is 1.97. The SMILES string of the molecule is CNCC1CCCC1Cc1ccc(F)c(F)c1. The van der Waals surface area contributed by atoms with Gasteiger partial charge in [-0.05, 0) is 62.4 Å². The van der Waals surface area contributed by atoms with Crippen molar-refractivity contribution < 1.29 is 8.78 Å². The minimum Gasteiger partial charge on any atom is -0.319 e. The summed E-state index contributed by atoms with van der Waals surface area (Å²) in [4.78, 5) is 0. The second-order valence-electron chi connectivity index (χ2n) is 4.96. The highest BCUT2D eigenvalue weighted by Crippen LogP contribution is 2.33. The molecule has 0 spiro atoms. The molecule has 94 valence electrons. The lowest BCUT2D eigenvalue weighted by molar-refractivity contribution is 0.373. The second kappa shape index (κ2) is 5.58. The van der Waals surface area contributed by atoms with Crippen LogP contribution in [0.4, 0.5) is 8.78 Å². The van der Waals surface area contributed by atoms with Crippen LogP contribution in [-0.2, 0) is 6.42 Å². The minimum absolute atomic E-state index is 0.604. The van der Waals surface area contributed by atoms with E-state index in [0.717, 1.165) is 18.5 Å². The van der Waals surface area contributed by atoms with E-state index >= 15 is 0 Å². The van der Waals surface area contributed by atoms with E-state index in [2.05, 4.69) is 5.32 Å². The molecule has 0 aromatic heterocycles. The number of hydrogen-bond donors (Lipinski definition) is 1. The third-order valence-electron chi connectivity index (χ3n) is 3.76. The zero-order valence-corrected chi connectivity index (χ0v) is 10.2. The molecule has 2 unspecified atom stereocenters. The van der Waals surface area contributed by atoms with Crippen LogP contribution in [0.5, 0.6) is 0 Å². The smallest absolute Gasteiger partial charge is 0.159 e. The van der Waals surface area contributed by atoms with E-state index in [1.165, 1.54) is 31.4 Å². The fourth-order valence-corrected chi connectivity index (χ4v) is 2.88. The molecule has 17 heavy (non-hydrogen) atoms. The highest BCUT2D eigenvalue weighted by molar-refractivity contribution is 5.18. The van der Waals surface area contributed by atoms with E-state index in [1.807, 2.05) is 7.05 Å². The Morgan fingerprint density at radius 3 is 2.65 bits per heavy atom. The first-order chi connectivity index (χ1) is 8.20. The Hall–Kier alpha value is -0.960. The van der Waals surface area contributed by atoms with Crippen molar-refractivity contribution in [2.45, 2.75) is 25.7 Å². The minimum atomic E-state index is -0.757. The Labute approximate surface area is 101 Å². The molecule has 0 aliphatic heterocycles. The van der Waals surface area contributed by atoms with Crippen LogP contribution in [0.15, 0.2) is 18.2 Å². The van der Waals surface area contributed by atoms with Crippen molar-refractivity contribution in [3.8, 4) is 0 Å². The lowest BCUT2D eigenvalue weighted by Crippen LogP contribution is -2.23. The zero-order chi connectivity index (χ0) is 12.3. The van der Waals surface area contributed by atoms with Crippen molar-refractivity contribution in [3.05, 3.63) is 35.4 Å². The van der Waals surface area contributed by atoms with E-state index in [4.69, 9.17) is 0 Å². The molecule has 2 rings (SSSR count). The second-order valence-corrected chi connectivity index (χ2v) is 4.96. The molecule has 1 aromatic rings. The summed E-state index contributed by atoms with van der Waals surface area (Å²) in [5, 5.41) is 3.21. The molecule has 1 aliphatic carbocycles. The average Bonchev–Trinajstić information content (AvgIpc) is 2.72. The van der Waals surface area contributed by atoms with Crippen LogP contribution in [0.25, 0.3) is 0 Å². The third-order valence-corrected chi connectivity index (χ3v) is 3.76. The third kappa shape index (κ3) is 3.03. The maximum Gasteiger partial charge on any atom is 0.159 e. The lowest BCUT2D eigenvalue weighted by atomic mass is 9.89. The van der Waals surface area contributed by atoms with E-state index in [-0.39, 0.29) is 0 Å². The van der Waals surface area contributed by atoms with Crippen LogP contribution in [0.2, 0.25) is 0 Å². The van der Waals surface area contributed by atoms with Gasteiger partial charge in [0.2, 0.25) is 0 Å². The van der Waals surface area contributed by atoms with Gasteiger partial charge in [-0.3, -0.25) is 0 Å². The summed E-state index contributed by atoms with van der Waals surface area (Å²) in [5.41, 5.74) is 0.914. The summed E-state index contributed by atoms with van der Waals surface area (Å²) in [6.07, 6.45) is 4.56. The number of halogens is 2. The molecular weight excluding hydrogens is 220 g/mol. The average molecular weight is 239 g/mol. The van der Waals surface area contributed by atoms with Crippen molar-refractivity contribution in [2.75, 3.05) is 13.6 Å². The van der Waals surface area contributed by atoms with Crippen LogP contribution in [0.3, 0.4) is 0 Å². The van der Waals surface area contributed by atoms with E-state index in [0.29, 0.717) is 11.8 Å². The Morgan fingerprint density at radius 2 is 1.94 bits per heavy atom. The van der Waals surface area contributed by atoms with E-state index in [1.54, 1.807) is 6.07 Å². The van der Waals surface area contributed by atoms with Gasteiger partial charge in [-0.15, -0.1) is 0 Å². The standard InChI is InChI=1S/C14H19F2N/c1-17-9-12-4-2-3-11(12)7-10-5-6-13(15)14(16)8-10/h5-6,8,11-12,17H,2-4,7,9H2,1H3. The maximum atomic E-state index is 13.1. The molecule has 1 N–H and O–H groups in total. The van der Waals surface area contributed by atoms with Gasteiger partial charge in [0.05, 0.1) is 0 Å². The molecule has 0 heterocycles. The summed E-state index contributed by atoms with van der Waals surface area (Å²) in [5.74, 6) is -0.210. The van der Waals surface area contributed by atoms with Crippen LogP contribution in [-0.4, -0.2) is 13.6 Å². The van der Waals surface area contributed by atoms with Crippen molar-refractivity contribution in [3.63, 3.8) is 0 Å². The van der Waals surface area contributed by atoms with Gasteiger partial charge in [-0.25, -0.2) is 8.78 Å². The van der Waals surface area contributed by atoms with Crippen molar-refractivity contribution >= 4 is 0 Å². The number of benzene rings is 1. The van der Waals surface area contributed by atoms with Crippen LogP contribution >= 0.6 is 0 Å². The molecule has 1 fully saturated rings. The molecule has 1 saturated carbocycles. The van der Waals surface area contributed by atoms with Gasteiger partial charge in [0, 0.05) is 0 Å². The monoisotopic (exact) mass is 239 g/mol. The van der Waals surface area contributed by atoms with Gasteiger partial charge in [0.15, 0.2) is 11.6 Å². The van der Waals surface area contributed by atoms with Gasteiger partial charge in [0.25, 0.3) is 0 Å². The molecule has 3 heteroatoms. The summed E-state index contributed by atoms with van der Waals surface area (Å²) < 4.78 is 25.9. The lowest BCUT2D eigenvalue weighted by Gasteiger charge is -2.19. The van der Waals surface area contributed by atoms with Crippen LogP contribution in [0.1, 0.15) is 24.8 Å². The Kier molecular flexibility index (Phi) is 4.11. The topological polar surface area (TPSA) is 12.0 Å². The maximum absolute atomic E-state index is 13.1. The molecule has 0 radical (unpaired) electrons. The van der Waals surface area contributed by atoms with Gasteiger partial charge in [-0.2, -0.15) is 0 Å². The quantitative estimate of drug-likeness (QED) is 0.851. The predicted molar refractivity (Wildman–Crippen MR) is 64.8 cm³/mol.